The van der Waals surface area contributed by atoms with Crippen LogP contribution in [0, 0.1) is 0 Å². The molecule has 1 aromatic carbocycles. The van der Waals surface area contributed by atoms with E-state index >= 15 is 0 Å². The molecule has 4 rings (SSSR count). The zero-order chi connectivity index (χ0) is 18.8. The van der Waals surface area contributed by atoms with Crippen LogP contribution in [0.15, 0.2) is 59.7 Å². The Labute approximate surface area is 157 Å². The lowest BCUT2D eigenvalue weighted by Gasteiger charge is -2.34. The maximum atomic E-state index is 12.5. The molecule has 0 amide bonds. The minimum absolute atomic E-state index is 0.0951. The van der Waals surface area contributed by atoms with Gasteiger partial charge in [-0.1, -0.05) is 12.1 Å². The van der Waals surface area contributed by atoms with E-state index in [2.05, 4.69) is 9.88 Å². The van der Waals surface area contributed by atoms with Crippen LogP contribution in [0.25, 0.3) is 11.3 Å². The topological polar surface area (TPSA) is 86.3 Å². The van der Waals surface area contributed by atoms with Crippen molar-refractivity contribution in [2.75, 3.05) is 30.3 Å². The van der Waals surface area contributed by atoms with E-state index in [1.165, 1.54) is 0 Å². The predicted molar refractivity (Wildman–Crippen MR) is 104 cm³/mol. The van der Waals surface area contributed by atoms with Crippen LogP contribution in [-0.2, 0) is 11.8 Å². The molecular weight excluding hydrogens is 342 g/mol. The van der Waals surface area contributed by atoms with Crippen molar-refractivity contribution in [2.24, 2.45) is 7.05 Å². The molecule has 7 heteroatoms. The number of aromatic nitrogens is 3. The molecule has 3 heterocycles. The molecule has 1 unspecified atom stereocenters. The quantitative estimate of drug-likeness (QED) is 0.717. The number of hydrogen-bond acceptors (Lipinski definition) is 6. The standard InChI is InChI=1S/C20H21N5O2/c1-24-19(26)12-17(14-6-8-22-9-7-14)23-20(24)25-10-11-27-18(13-25)15-2-4-16(21)5-3-15/h2-9,12,18H,10-11,13,21H2,1H3. The van der Waals surface area contributed by atoms with Gasteiger partial charge < -0.3 is 15.4 Å². The first-order valence-electron chi connectivity index (χ1n) is 8.82. The molecule has 1 fully saturated rings. The average Bonchev–Trinajstić information content (AvgIpc) is 2.71. The summed E-state index contributed by atoms with van der Waals surface area (Å²) >= 11 is 0. The van der Waals surface area contributed by atoms with Gasteiger partial charge in [-0.3, -0.25) is 14.3 Å². The fraction of sp³-hybridized carbons (Fsp3) is 0.250. The summed E-state index contributed by atoms with van der Waals surface area (Å²) in [5, 5.41) is 0. The number of nitrogen functional groups attached to an aromatic ring is 1. The Morgan fingerprint density at radius 1 is 1.15 bits per heavy atom. The summed E-state index contributed by atoms with van der Waals surface area (Å²) in [5.41, 5.74) is 8.98. The molecule has 2 N–H and O–H groups in total. The maximum Gasteiger partial charge on any atom is 0.255 e. The number of morpholine rings is 1. The number of nitrogens with zero attached hydrogens (tertiary/aromatic N) is 4. The Bertz CT molecular complexity index is 986. The SMILES string of the molecule is Cn1c(N2CCOC(c3ccc(N)cc3)C2)nc(-c2ccncc2)cc1=O. The van der Waals surface area contributed by atoms with E-state index in [1.54, 1.807) is 30.1 Å². The van der Waals surface area contributed by atoms with Crippen molar-refractivity contribution in [3.05, 3.63) is 70.8 Å². The number of benzene rings is 1. The van der Waals surface area contributed by atoms with Crippen molar-refractivity contribution in [1.82, 2.24) is 14.5 Å². The summed E-state index contributed by atoms with van der Waals surface area (Å²) in [4.78, 5) is 23.4. The minimum Gasteiger partial charge on any atom is -0.399 e. The summed E-state index contributed by atoms with van der Waals surface area (Å²) in [6, 6.07) is 12.9. The van der Waals surface area contributed by atoms with Crippen LogP contribution in [0.3, 0.4) is 0 Å². The largest absolute Gasteiger partial charge is 0.399 e. The molecule has 1 atom stereocenters. The summed E-state index contributed by atoms with van der Waals surface area (Å²) in [7, 11) is 1.74. The number of rotatable bonds is 3. The van der Waals surface area contributed by atoms with E-state index in [0.29, 0.717) is 31.3 Å². The van der Waals surface area contributed by atoms with Crippen LogP contribution in [0.4, 0.5) is 11.6 Å². The van der Waals surface area contributed by atoms with Crippen LogP contribution in [0.2, 0.25) is 0 Å². The lowest BCUT2D eigenvalue weighted by molar-refractivity contribution is 0.0390. The monoisotopic (exact) mass is 363 g/mol. The summed E-state index contributed by atoms with van der Waals surface area (Å²) in [5.74, 6) is 0.637. The van der Waals surface area contributed by atoms with E-state index < -0.39 is 0 Å². The van der Waals surface area contributed by atoms with Crippen molar-refractivity contribution in [2.45, 2.75) is 6.10 Å². The van der Waals surface area contributed by atoms with Crippen molar-refractivity contribution in [3.63, 3.8) is 0 Å². The van der Waals surface area contributed by atoms with Crippen LogP contribution in [0.5, 0.6) is 0 Å². The Morgan fingerprint density at radius 2 is 1.89 bits per heavy atom. The second kappa shape index (κ2) is 7.20. The van der Waals surface area contributed by atoms with Gasteiger partial charge in [0.05, 0.1) is 18.8 Å². The number of ether oxygens (including phenoxy) is 1. The highest BCUT2D eigenvalue weighted by Crippen LogP contribution is 2.26. The molecule has 1 saturated heterocycles. The van der Waals surface area contributed by atoms with E-state index in [4.69, 9.17) is 15.5 Å². The molecule has 27 heavy (non-hydrogen) atoms. The number of hydrogen-bond donors (Lipinski definition) is 1. The first-order valence-corrected chi connectivity index (χ1v) is 8.82. The van der Waals surface area contributed by atoms with Gasteiger partial charge in [-0.15, -0.1) is 0 Å². The fourth-order valence-corrected chi connectivity index (χ4v) is 3.22. The molecule has 0 saturated carbocycles. The second-order valence-electron chi connectivity index (χ2n) is 6.55. The summed E-state index contributed by atoms with van der Waals surface area (Å²) in [6.07, 6.45) is 3.29. The van der Waals surface area contributed by atoms with Gasteiger partial charge in [-0.2, -0.15) is 0 Å². The van der Waals surface area contributed by atoms with Crippen molar-refractivity contribution >= 4 is 11.6 Å². The van der Waals surface area contributed by atoms with E-state index in [0.717, 1.165) is 16.8 Å². The smallest absolute Gasteiger partial charge is 0.255 e. The first-order chi connectivity index (χ1) is 13.1. The molecular formula is C20H21N5O2. The highest BCUT2D eigenvalue weighted by molar-refractivity contribution is 5.59. The third-order valence-electron chi connectivity index (χ3n) is 4.74. The highest BCUT2D eigenvalue weighted by Gasteiger charge is 2.25. The Balaban J connectivity index is 1.67. The Morgan fingerprint density at radius 3 is 2.63 bits per heavy atom. The molecule has 0 bridgehead atoms. The van der Waals surface area contributed by atoms with Gasteiger partial charge in [0.1, 0.15) is 6.10 Å². The normalized spacial score (nSPS) is 17.1. The number of anilines is 2. The third kappa shape index (κ3) is 3.54. The molecule has 0 aliphatic carbocycles. The van der Waals surface area contributed by atoms with Gasteiger partial charge in [0.25, 0.3) is 5.56 Å². The molecule has 1 aliphatic heterocycles. The Kier molecular flexibility index (Phi) is 4.60. The van der Waals surface area contributed by atoms with Crippen LogP contribution in [0.1, 0.15) is 11.7 Å². The fourth-order valence-electron chi connectivity index (χ4n) is 3.22. The number of nitrogens with two attached hydrogens (primary N) is 1. The summed E-state index contributed by atoms with van der Waals surface area (Å²) in [6.45, 7) is 1.85. The summed E-state index contributed by atoms with van der Waals surface area (Å²) < 4.78 is 7.51. The molecule has 0 spiro atoms. The van der Waals surface area contributed by atoms with Crippen molar-refractivity contribution < 1.29 is 4.74 Å². The van der Waals surface area contributed by atoms with E-state index in [9.17, 15) is 4.79 Å². The highest BCUT2D eigenvalue weighted by atomic mass is 16.5. The van der Waals surface area contributed by atoms with Gasteiger partial charge in [0.2, 0.25) is 5.95 Å². The van der Waals surface area contributed by atoms with E-state index in [-0.39, 0.29) is 11.7 Å². The van der Waals surface area contributed by atoms with Gasteiger partial charge >= 0.3 is 0 Å². The van der Waals surface area contributed by atoms with Crippen LogP contribution >= 0.6 is 0 Å². The maximum absolute atomic E-state index is 12.5. The second-order valence-corrected chi connectivity index (χ2v) is 6.55. The predicted octanol–water partition coefficient (Wildman–Crippen LogP) is 2.00. The minimum atomic E-state index is -0.0965. The van der Waals surface area contributed by atoms with Crippen LogP contribution < -0.4 is 16.2 Å². The first kappa shape index (κ1) is 17.2. The van der Waals surface area contributed by atoms with Gasteiger partial charge in [0, 0.05) is 43.3 Å². The van der Waals surface area contributed by atoms with Gasteiger partial charge in [-0.05, 0) is 29.8 Å². The van der Waals surface area contributed by atoms with Gasteiger partial charge in [-0.25, -0.2) is 4.98 Å². The van der Waals surface area contributed by atoms with Crippen LogP contribution in [-0.4, -0.2) is 34.2 Å². The molecule has 2 aromatic heterocycles. The molecule has 3 aromatic rings. The molecule has 0 radical (unpaired) electrons. The lowest BCUT2D eigenvalue weighted by Crippen LogP contribution is -2.41. The third-order valence-corrected chi connectivity index (χ3v) is 4.74. The van der Waals surface area contributed by atoms with Crippen molar-refractivity contribution in [1.29, 1.82) is 0 Å². The zero-order valence-corrected chi connectivity index (χ0v) is 15.1. The van der Waals surface area contributed by atoms with Gasteiger partial charge in [0.15, 0.2) is 0 Å². The average molecular weight is 363 g/mol. The molecule has 7 nitrogen and oxygen atoms in total. The molecule has 138 valence electrons. The van der Waals surface area contributed by atoms with E-state index in [1.807, 2.05) is 36.4 Å². The molecule has 1 aliphatic rings. The lowest BCUT2D eigenvalue weighted by atomic mass is 10.1. The Hall–Kier alpha value is -3.19. The van der Waals surface area contributed by atoms with Crippen molar-refractivity contribution in [3.8, 4) is 11.3 Å². The number of pyridine rings is 1. The zero-order valence-electron chi connectivity index (χ0n) is 15.1.